The van der Waals surface area contributed by atoms with E-state index in [2.05, 4.69) is 24.0 Å². The van der Waals surface area contributed by atoms with E-state index in [1.54, 1.807) is 0 Å². The third-order valence-electron chi connectivity index (χ3n) is 3.35. The first-order valence-electron chi connectivity index (χ1n) is 6.47. The minimum Gasteiger partial charge on any atom is -0.398 e. The van der Waals surface area contributed by atoms with Gasteiger partial charge in [-0.05, 0) is 48.1 Å². The molecule has 94 valence electrons. The first-order valence-corrected chi connectivity index (χ1v) is 7.63. The van der Waals surface area contributed by atoms with Crippen LogP contribution in [0.5, 0.6) is 0 Å². The molecular weight excluding hydrogens is 228 g/mol. The fraction of sp³-hybridized carbons (Fsp3) is 0.571. The maximum Gasteiger partial charge on any atom is 0.0350 e. The van der Waals surface area contributed by atoms with E-state index in [9.17, 15) is 0 Å². The number of hydrogen-bond acceptors (Lipinski definition) is 3. The monoisotopic (exact) mass is 250 g/mol. The van der Waals surface area contributed by atoms with Crippen LogP contribution in [0.3, 0.4) is 0 Å². The maximum absolute atomic E-state index is 6.00. The Morgan fingerprint density at radius 2 is 2.29 bits per heavy atom. The summed E-state index contributed by atoms with van der Waals surface area (Å²) in [4.78, 5) is 2.55. The Morgan fingerprint density at radius 3 is 3.12 bits per heavy atom. The molecule has 0 saturated carbocycles. The maximum atomic E-state index is 6.00. The van der Waals surface area contributed by atoms with Crippen molar-refractivity contribution in [2.24, 2.45) is 0 Å². The van der Waals surface area contributed by atoms with Crippen LogP contribution in [0.4, 0.5) is 5.69 Å². The molecule has 0 aliphatic carbocycles. The van der Waals surface area contributed by atoms with Crippen molar-refractivity contribution in [3.8, 4) is 0 Å². The van der Waals surface area contributed by atoms with Crippen molar-refractivity contribution in [3.63, 3.8) is 0 Å². The molecule has 1 aromatic rings. The zero-order valence-electron chi connectivity index (χ0n) is 10.6. The third kappa shape index (κ3) is 3.39. The van der Waals surface area contributed by atoms with Crippen LogP contribution < -0.4 is 5.73 Å². The quantitative estimate of drug-likeness (QED) is 0.643. The largest absolute Gasteiger partial charge is 0.398 e. The molecule has 2 N–H and O–H groups in total. The number of benzene rings is 1. The SMILES string of the molecule is CCSCCCN1CCc2c(N)cccc2C1. The number of nitrogens with zero attached hydrogens (tertiary/aromatic N) is 1. The van der Waals surface area contributed by atoms with Gasteiger partial charge in [-0.2, -0.15) is 11.8 Å². The fourth-order valence-corrected chi connectivity index (χ4v) is 3.04. The molecule has 0 atom stereocenters. The Balaban J connectivity index is 1.86. The number of rotatable bonds is 5. The predicted molar refractivity (Wildman–Crippen MR) is 77.5 cm³/mol. The van der Waals surface area contributed by atoms with Crippen molar-refractivity contribution < 1.29 is 0 Å². The number of hydrogen-bond donors (Lipinski definition) is 1. The van der Waals surface area contributed by atoms with E-state index in [4.69, 9.17) is 5.73 Å². The second kappa shape index (κ2) is 6.31. The Bertz CT molecular complexity index is 365. The molecular formula is C14H22N2S. The summed E-state index contributed by atoms with van der Waals surface area (Å²) >= 11 is 2.04. The van der Waals surface area contributed by atoms with E-state index in [0.717, 1.165) is 25.2 Å². The van der Waals surface area contributed by atoms with Crippen molar-refractivity contribution in [3.05, 3.63) is 29.3 Å². The molecule has 0 aromatic heterocycles. The summed E-state index contributed by atoms with van der Waals surface area (Å²) in [6.07, 6.45) is 2.42. The number of nitrogens with two attached hydrogens (primary N) is 1. The average molecular weight is 250 g/mol. The molecule has 2 rings (SSSR count). The van der Waals surface area contributed by atoms with Crippen molar-refractivity contribution in [2.75, 3.05) is 30.3 Å². The zero-order valence-corrected chi connectivity index (χ0v) is 11.4. The lowest BCUT2D eigenvalue weighted by atomic mass is 9.98. The number of thioether (sulfide) groups is 1. The van der Waals surface area contributed by atoms with Crippen LogP contribution in [0, 0.1) is 0 Å². The highest BCUT2D eigenvalue weighted by Crippen LogP contribution is 2.24. The highest BCUT2D eigenvalue weighted by Gasteiger charge is 2.16. The lowest BCUT2D eigenvalue weighted by Gasteiger charge is -2.29. The number of anilines is 1. The summed E-state index contributed by atoms with van der Waals surface area (Å²) in [6.45, 7) is 5.70. The van der Waals surface area contributed by atoms with Gasteiger partial charge in [0.2, 0.25) is 0 Å². The molecule has 17 heavy (non-hydrogen) atoms. The zero-order chi connectivity index (χ0) is 12.1. The lowest BCUT2D eigenvalue weighted by molar-refractivity contribution is 0.256. The van der Waals surface area contributed by atoms with E-state index < -0.39 is 0 Å². The van der Waals surface area contributed by atoms with Crippen LogP contribution in [-0.4, -0.2) is 29.5 Å². The fourth-order valence-electron chi connectivity index (χ4n) is 2.42. The Morgan fingerprint density at radius 1 is 1.41 bits per heavy atom. The van der Waals surface area contributed by atoms with Crippen LogP contribution in [0.2, 0.25) is 0 Å². The smallest absolute Gasteiger partial charge is 0.0350 e. The number of fused-ring (bicyclic) bond motifs is 1. The highest BCUT2D eigenvalue weighted by molar-refractivity contribution is 7.99. The molecule has 0 bridgehead atoms. The van der Waals surface area contributed by atoms with E-state index in [1.165, 1.54) is 35.6 Å². The second-order valence-corrected chi connectivity index (χ2v) is 5.96. The summed E-state index contributed by atoms with van der Waals surface area (Å²) in [6, 6.07) is 6.32. The van der Waals surface area contributed by atoms with Gasteiger partial charge in [0, 0.05) is 18.8 Å². The van der Waals surface area contributed by atoms with Crippen molar-refractivity contribution in [1.29, 1.82) is 0 Å². The Kier molecular flexibility index (Phi) is 4.75. The minimum absolute atomic E-state index is 0.976. The highest BCUT2D eigenvalue weighted by atomic mass is 32.2. The van der Waals surface area contributed by atoms with Gasteiger partial charge in [-0.1, -0.05) is 19.1 Å². The summed E-state index contributed by atoms with van der Waals surface area (Å²) in [5.74, 6) is 2.52. The van der Waals surface area contributed by atoms with Crippen LogP contribution in [0.1, 0.15) is 24.5 Å². The molecule has 0 spiro atoms. The van der Waals surface area contributed by atoms with Crippen molar-refractivity contribution in [2.45, 2.75) is 26.3 Å². The molecule has 0 amide bonds. The van der Waals surface area contributed by atoms with E-state index in [-0.39, 0.29) is 0 Å². The summed E-state index contributed by atoms with van der Waals surface area (Å²) in [5, 5.41) is 0. The minimum atomic E-state index is 0.976. The lowest BCUT2D eigenvalue weighted by Crippen LogP contribution is -2.32. The van der Waals surface area contributed by atoms with Gasteiger partial charge in [-0.15, -0.1) is 0 Å². The first kappa shape index (κ1) is 12.8. The third-order valence-corrected chi connectivity index (χ3v) is 4.33. The van der Waals surface area contributed by atoms with Crippen LogP contribution in [-0.2, 0) is 13.0 Å². The van der Waals surface area contributed by atoms with Gasteiger partial charge < -0.3 is 5.73 Å². The number of nitrogen functional groups attached to an aromatic ring is 1. The Hall–Kier alpha value is -0.670. The molecule has 0 unspecified atom stereocenters. The molecule has 3 heteroatoms. The van der Waals surface area contributed by atoms with Gasteiger partial charge in [0.15, 0.2) is 0 Å². The van der Waals surface area contributed by atoms with E-state index in [0.29, 0.717) is 0 Å². The summed E-state index contributed by atoms with van der Waals surface area (Å²) in [7, 11) is 0. The molecule has 1 aromatic carbocycles. The van der Waals surface area contributed by atoms with Crippen LogP contribution in [0.25, 0.3) is 0 Å². The molecule has 0 radical (unpaired) electrons. The standard InChI is InChI=1S/C14H22N2S/c1-2-17-10-4-8-16-9-7-13-12(11-16)5-3-6-14(13)15/h3,5-6H,2,4,7-11,15H2,1H3. The molecule has 1 heterocycles. The van der Waals surface area contributed by atoms with Gasteiger partial charge in [-0.3, -0.25) is 4.90 Å². The summed E-state index contributed by atoms with van der Waals surface area (Å²) < 4.78 is 0. The van der Waals surface area contributed by atoms with Gasteiger partial charge >= 0.3 is 0 Å². The van der Waals surface area contributed by atoms with Gasteiger partial charge in [0.25, 0.3) is 0 Å². The first-order chi connectivity index (χ1) is 8.31. The van der Waals surface area contributed by atoms with Gasteiger partial charge in [0.05, 0.1) is 0 Å². The molecule has 0 fully saturated rings. The van der Waals surface area contributed by atoms with Crippen molar-refractivity contribution >= 4 is 17.4 Å². The van der Waals surface area contributed by atoms with E-state index in [1.807, 2.05) is 17.8 Å². The van der Waals surface area contributed by atoms with Gasteiger partial charge in [0.1, 0.15) is 0 Å². The second-order valence-electron chi connectivity index (χ2n) is 4.56. The normalized spacial score (nSPS) is 15.8. The average Bonchev–Trinajstić information content (AvgIpc) is 2.35. The Labute approximate surface area is 109 Å². The van der Waals surface area contributed by atoms with E-state index >= 15 is 0 Å². The molecule has 1 aliphatic heterocycles. The van der Waals surface area contributed by atoms with Crippen molar-refractivity contribution in [1.82, 2.24) is 4.90 Å². The molecule has 0 saturated heterocycles. The van der Waals surface area contributed by atoms with Crippen LogP contribution >= 0.6 is 11.8 Å². The topological polar surface area (TPSA) is 29.3 Å². The van der Waals surface area contributed by atoms with Crippen LogP contribution in [0.15, 0.2) is 18.2 Å². The van der Waals surface area contributed by atoms with Gasteiger partial charge in [-0.25, -0.2) is 0 Å². The molecule has 2 nitrogen and oxygen atoms in total. The predicted octanol–water partition coefficient (Wildman–Crippen LogP) is 2.77. The molecule has 1 aliphatic rings. The summed E-state index contributed by atoms with van der Waals surface area (Å²) in [5.41, 5.74) is 9.79.